The third-order valence-corrected chi connectivity index (χ3v) is 2.71. The van der Waals surface area contributed by atoms with Gasteiger partial charge < -0.3 is 34.1 Å². The summed E-state index contributed by atoms with van der Waals surface area (Å²) >= 11 is 0. The minimum absolute atomic E-state index is 0.119. The van der Waals surface area contributed by atoms with Gasteiger partial charge in [-0.1, -0.05) is 0 Å². The smallest absolute Gasteiger partial charge is 0.407 e. The van der Waals surface area contributed by atoms with Crippen molar-refractivity contribution in [3.05, 3.63) is 0 Å². The van der Waals surface area contributed by atoms with Gasteiger partial charge >= 0.3 is 12.1 Å². The van der Waals surface area contributed by atoms with Crippen LogP contribution in [0.2, 0.25) is 0 Å². The molecular weight excluding hydrogens is 346 g/mol. The van der Waals surface area contributed by atoms with Crippen LogP contribution in [0.15, 0.2) is 0 Å². The van der Waals surface area contributed by atoms with E-state index < -0.39 is 17.7 Å². The molecule has 0 heterocycles. The van der Waals surface area contributed by atoms with E-state index in [4.69, 9.17) is 28.8 Å². The molecule has 0 saturated heterocycles. The lowest BCUT2D eigenvalue weighted by atomic mass is 10.2. The number of rotatable bonds is 16. The van der Waals surface area contributed by atoms with Gasteiger partial charge in [-0.2, -0.15) is 0 Å². The quantitative estimate of drug-likeness (QED) is 0.387. The number of ether oxygens (including phenoxy) is 5. The summed E-state index contributed by atoms with van der Waals surface area (Å²) in [4.78, 5) is 21.6. The fourth-order valence-electron chi connectivity index (χ4n) is 1.63. The van der Waals surface area contributed by atoms with Crippen LogP contribution in [0, 0.1) is 0 Å². The Morgan fingerprint density at radius 1 is 0.808 bits per heavy atom. The lowest BCUT2D eigenvalue weighted by Gasteiger charge is -2.19. The van der Waals surface area contributed by atoms with E-state index in [1.807, 2.05) is 0 Å². The maximum atomic E-state index is 11.4. The number of alkyl carbamates (subject to hydrolysis) is 1. The molecule has 0 aromatic rings. The van der Waals surface area contributed by atoms with Crippen molar-refractivity contribution in [2.24, 2.45) is 0 Å². The van der Waals surface area contributed by atoms with Gasteiger partial charge in [-0.05, 0) is 27.2 Å². The molecule has 9 heteroatoms. The Bertz CT molecular complexity index is 370. The van der Waals surface area contributed by atoms with Gasteiger partial charge in [0.25, 0.3) is 0 Å². The zero-order valence-corrected chi connectivity index (χ0v) is 16.1. The second-order valence-electron chi connectivity index (χ2n) is 6.38. The molecule has 0 atom stereocenters. The highest BCUT2D eigenvalue weighted by molar-refractivity contribution is 5.67. The van der Waals surface area contributed by atoms with E-state index in [9.17, 15) is 9.59 Å². The van der Waals surface area contributed by atoms with Crippen LogP contribution in [0.25, 0.3) is 0 Å². The molecule has 9 nitrogen and oxygen atoms in total. The Labute approximate surface area is 155 Å². The van der Waals surface area contributed by atoms with Crippen LogP contribution in [-0.4, -0.2) is 82.2 Å². The summed E-state index contributed by atoms with van der Waals surface area (Å²) in [5.41, 5.74) is -0.507. The van der Waals surface area contributed by atoms with Gasteiger partial charge in [0.05, 0.1) is 46.2 Å². The summed E-state index contributed by atoms with van der Waals surface area (Å²) < 4.78 is 26.3. The lowest BCUT2D eigenvalue weighted by Crippen LogP contribution is -2.34. The molecule has 0 aromatic heterocycles. The van der Waals surface area contributed by atoms with E-state index in [0.717, 1.165) is 0 Å². The van der Waals surface area contributed by atoms with Gasteiger partial charge in [-0.3, -0.25) is 4.79 Å². The first kappa shape index (κ1) is 24.6. The molecule has 0 aromatic carbocycles. The molecule has 0 rings (SSSR count). The van der Waals surface area contributed by atoms with Crippen LogP contribution in [0.5, 0.6) is 0 Å². The first-order chi connectivity index (χ1) is 12.3. The normalized spacial score (nSPS) is 11.3. The molecular formula is C17H33NO8. The van der Waals surface area contributed by atoms with Gasteiger partial charge in [0.1, 0.15) is 5.60 Å². The molecule has 0 saturated carbocycles. The average Bonchev–Trinajstić information content (AvgIpc) is 2.52. The number of hydrogen-bond acceptors (Lipinski definition) is 7. The maximum Gasteiger partial charge on any atom is 0.407 e. The van der Waals surface area contributed by atoms with E-state index in [-0.39, 0.29) is 6.42 Å². The van der Waals surface area contributed by atoms with E-state index in [0.29, 0.717) is 65.8 Å². The summed E-state index contributed by atoms with van der Waals surface area (Å²) in [6.45, 7) is 9.28. The first-order valence-corrected chi connectivity index (χ1v) is 8.81. The predicted octanol–water partition coefficient (Wildman–Crippen LogP) is 1.44. The molecule has 2 N–H and O–H groups in total. The molecule has 1 amide bonds. The van der Waals surface area contributed by atoms with E-state index in [2.05, 4.69) is 5.32 Å². The Kier molecular flexibility index (Phi) is 14.9. The van der Waals surface area contributed by atoms with Crippen LogP contribution in [0.3, 0.4) is 0 Å². The van der Waals surface area contributed by atoms with Gasteiger partial charge in [0, 0.05) is 19.6 Å². The second kappa shape index (κ2) is 15.8. The van der Waals surface area contributed by atoms with Crippen molar-refractivity contribution in [2.45, 2.75) is 39.2 Å². The molecule has 154 valence electrons. The van der Waals surface area contributed by atoms with Gasteiger partial charge in [-0.25, -0.2) is 4.79 Å². The highest BCUT2D eigenvalue weighted by atomic mass is 16.6. The van der Waals surface area contributed by atoms with Crippen LogP contribution >= 0.6 is 0 Å². The number of aliphatic carboxylic acids is 1. The maximum absolute atomic E-state index is 11.4. The molecule has 0 radical (unpaired) electrons. The highest BCUT2D eigenvalue weighted by Gasteiger charge is 2.15. The second-order valence-corrected chi connectivity index (χ2v) is 6.38. The number of nitrogens with one attached hydrogen (secondary N) is 1. The Morgan fingerprint density at radius 3 is 1.73 bits per heavy atom. The Balaban J connectivity index is 3.16. The highest BCUT2D eigenvalue weighted by Crippen LogP contribution is 2.05. The van der Waals surface area contributed by atoms with Crippen LogP contribution in [0.1, 0.15) is 33.6 Å². The summed E-state index contributed by atoms with van der Waals surface area (Å²) in [5.74, 6) is -0.815. The lowest BCUT2D eigenvalue weighted by molar-refractivity contribution is -0.137. The van der Waals surface area contributed by atoms with Crippen LogP contribution in [0.4, 0.5) is 4.79 Å². The number of carbonyl (C=O) groups excluding carboxylic acids is 1. The van der Waals surface area contributed by atoms with Gasteiger partial charge in [0.15, 0.2) is 0 Å². The summed E-state index contributed by atoms with van der Waals surface area (Å²) in [5, 5.41) is 11.1. The number of amides is 1. The average molecular weight is 379 g/mol. The van der Waals surface area contributed by atoms with Crippen molar-refractivity contribution in [1.29, 1.82) is 0 Å². The topological polar surface area (TPSA) is 113 Å². The number of hydrogen-bond donors (Lipinski definition) is 2. The minimum Gasteiger partial charge on any atom is -0.481 e. The third-order valence-electron chi connectivity index (χ3n) is 2.71. The summed E-state index contributed by atoms with van der Waals surface area (Å²) in [7, 11) is 0. The third kappa shape index (κ3) is 20.6. The van der Waals surface area contributed by atoms with E-state index in [1.54, 1.807) is 20.8 Å². The molecule has 0 bridgehead atoms. The summed E-state index contributed by atoms with van der Waals surface area (Å²) in [6, 6.07) is 0. The minimum atomic E-state index is -0.815. The molecule has 0 aliphatic heterocycles. The number of carbonyl (C=O) groups is 2. The number of carboxylic acids is 1. The molecule has 26 heavy (non-hydrogen) atoms. The van der Waals surface area contributed by atoms with Crippen molar-refractivity contribution in [1.82, 2.24) is 5.32 Å². The molecule has 0 aliphatic carbocycles. The van der Waals surface area contributed by atoms with Crippen molar-refractivity contribution in [3.63, 3.8) is 0 Å². The Hall–Kier alpha value is -1.42. The fraction of sp³-hybridized carbons (Fsp3) is 0.882. The monoisotopic (exact) mass is 379 g/mol. The molecule has 0 fully saturated rings. The molecule has 0 aliphatic rings. The summed E-state index contributed by atoms with van der Waals surface area (Å²) in [6.07, 6.45) is 0.167. The zero-order chi connectivity index (χ0) is 19.7. The zero-order valence-electron chi connectivity index (χ0n) is 16.1. The van der Waals surface area contributed by atoms with E-state index >= 15 is 0 Å². The van der Waals surface area contributed by atoms with Gasteiger partial charge in [-0.15, -0.1) is 0 Å². The molecule has 0 unspecified atom stereocenters. The first-order valence-electron chi connectivity index (χ1n) is 8.81. The fourth-order valence-corrected chi connectivity index (χ4v) is 1.63. The van der Waals surface area contributed by atoms with Crippen molar-refractivity contribution in [3.8, 4) is 0 Å². The SMILES string of the molecule is CC(C)(C)OC(=O)NCCOCCOCCOCCOCCCC(=O)O. The largest absolute Gasteiger partial charge is 0.481 e. The number of carboxylic acid groups (broad SMARTS) is 1. The Morgan fingerprint density at radius 2 is 1.27 bits per heavy atom. The standard InChI is InChI=1S/C17H33NO8/c1-17(2,3)26-16(21)18-6-8-23-10-12-25-14-13-24-11-9-22-7-4-5-15(19)20/h4-14H2,1-3H3,(H,18,21)(H,19,20). The molecule has 0 spiro atoms. The van der Waals surface area contributed by atoms with Crippen molar-refractivity contribution in [2.75, 3.05) is 59.4 Å². The van der Waals surface area contributed by atoms with Crippen molar-refractivity contribution < 1.29 is 38.4 Å². The van der Waals surface area contributed by atoms with Crippen molar-refractivity contribution >= 4 is 12.1 Å². The van der Waals surface area contributed by atoms with Crippen LogP contribution < -0.4 is 5.32 Å². The predicted molar refractivity (Wildman–Crippen MR) is 94.4 cm³/mol. The van der Waals surface area contributed by atoms with Crippen LogP contribution in [-0.2, 0) is 28.5 Å². The van der Waals surface area contributed by atoms with Gasteiger partial charge in [0.2, 0.25) is 0 Å². The van der Waals surface area contributed by atoms with E-state index in [1.165, 1.54) is 0 Å².